The molecule has 0 heterocycles. The minimum Gasteiger partial charge on any atom is -0.481 e. The largest absolute Gasteiger partial charge is 0.481 e. The van der Waals surface area contributed by atoms with E-state index in [1.54, 1.807) is 0 Å². The summed E-state index contributed by atoms with van der Waals surface area (Å²) in [6.07, 6.45) is 49.5. The number of rotatable bonds is 31. The number of esters is 1. The molecule has 0 unspecified atom stereocenters. The SMILES string of the molecule is CCCC/C=C\CCCCCCCC/C=C/CCCC(=O)O.CCCCC=CCCCCCCCCC=CCCOC(C)=O. The number of carboxylic acid groups (broad SMARTS) is 1. The molecule has 0 aromatic rings. The molecule has 0 amide bonds. The average molecular weight is 617 g/mol. The van der Waals surface area contributed by atoms with Crippen LogP contribution in [0.2, 0.25) is 0 Å². The zero-order chi connectivity index (χ0) is 32.6. The summed E-state index contributed by atoms with van der Waals surface area (Å²) in [5.41, 5.74) is 0. The summed E-state index contributed by atoms with van der Waals surface area (Å²) in [7, 11) is 0. The number of carbonyl (C=O) groups excluding carboxylic acids is 1. The summed E-state index contributed by atoms with van der Waals surface area (Å²) in [5.74, 6) is -0.880. The predicted octanol–water partition coefficient (Wildman–Crippen LogP) is 13.0. The molecular formula is C40H72O4. The highest BCUT2D eigenvalue weighted by Crippen LogP contribution is 2.11. The van der Waals surface area contributed by atoms with Gasteiger partial charge in [0.1, 0.15) is 0 Å². The Kier molecular flexibility index (Phi) is 40.9. The van der Waals surface area contributed by atoms with Crippen molar-refractivity contribution < 1.29 is 19.4 Å². The normalized spacial score (nSPS) is 11.6. The van der Waals surface area contributed by atoms with Crippen LogP contribution in [-0.4, -0.2) is 23.7 Å². The lowest BCUT2D eigenvalue weighted by Crippen LogP contribution is -1.98. The molecule has 0 aliphatic heterocycles. The van der Waals surface area contributed by atoms with E-state index in [4.69, 9.17) is 9.84 Å². The molecule has 0 saturated heterocycles. The van der Waals surface area contributed by atoms with Crippen LogP contribution in [0.15, 0.2) is 48.6 Å². The molecule has 0 saturated carbocycles. The summed E-state index contributed by atoms with van der Waals surface area (Å²) >= 11 is 0. The maximum atomic E-state index is 10.6. The van der Waals surface area contributed by atoms with Gasteiger partial charge in [-0.25, -0.2) is 0 Å². The minimum atomic E-state index is -0.690. The smallest absolute Gasteiger partial charge is 0.303 e. The number of hydrogen-bond donors (Lipinski definition) is 1. The Bertz CT molecular complexity index is 644. The Labute approximate surface area is 273 Å². The number of carboxylic acids is 1. The molecular weight excluding hydrogens is 544 g/mol. The average Bonchev–Trinajstić information content (AvgIpc) is 3.00. The first-order valence-electron chi connectivity index (χ1n) is 18.5. The maximum Gasteiger partial charge on any atom is 0.303 e. The predicted molar refractivity (Wildman–Crippen MR) is 192 cm³/mol. The van der Waals surface area contributed by atoms with Crippen LogP contribution in [0.25, 0.3) is 0 Å². The summed E-state index contributed by atoms with van der Waals surface area (Å²) in [6, 6.07) is 0. The van der Waals surface area contributed by atoms with Crippen LogP contribution in [0.4, 0.5) is 0 Å². The number of unbranched alkanes of at least 4 members (excludes halogenated alkanes) is 19. The fraction of sp³-hybridized carbons (Fsp3) is 0.750. The molecule has 1 N–H and O–H groups in total. The summed E-state index contributed by atoms with van der Waals surface area (Å²) in [6.45, 7) is 6.45. The quantitative estimate of drug-likeness (QED) is 0.0478. The van der Waals surface area contributed by atoms with Crippen LogP contribution < -0.4 is 0 Å². The van der Waals surface area contributed by atoms with E-state index in [2.05, 4.69) is 62.5 Å². The summed E-state index contributed by atoms with van der Waals surface area (Å²) in [5, 5.41) is 8.51. The molecule has 0 bridgehead atoms. The molecule has 0 aromatic carbocycles. The fourth-order valence-electron chi connectivity index (χ4n) is 4.69. The van der Waals surface area contributed by atoms with Crippen molar-refractivity contribution in [1.82, 2.24) is 0 Å². The summed E-state index contributed by atoms with van der Waals surface area (Å²) < 4.78 is 4.87. The van der Waals surface area contributed by atoms with Crippen LogP contribution >= 0.6 is 0 Å². The van der Waals surface area contributed by atoms with E-state index in [1.807, 2.05) is 0 Å². The van der Waals surface area contributed by atoms with Gasteiger partial charge in [-0.3, -0.25) is 9.59 Å². The van der Waals surface area contributed by atoms with Crippen LogP contribution in [0.3, 0.4) is 0 Å². The van der Waals surface area contributed by atoms with Gasteiger partial charge < -0.3 is 9.84 Å². The lowest BCUT2D eigenvalue weighted by Gasteiger charge is -2.00. The van der Waals surface area contributed by atoms with Gasteiger partial charge in [0.2, 0.25) is 0 Å². The number of carbonyl (C=O) groups is 2. The monoisotopic (exact) mass is 617 g/mol. The highest BCUT2D eigenvalue weighted by Gasteiger charge is 1.94. The molecule has 0 aromatic heterocycles. The molecule has 0 atom stereocenters. The number of hydrogen-bond acceptors (Lipinski definition) is 3. The van der Waals surface area contributed by atoms with Crippen molar-refractivity contribution in [3.05, 3.63) is 48.6 Å². The van der Waals surface area contributed by atoms with E-state index in [-0.39, 0.29) is 12.4 Å². The first kappa shape index (κ1) is 44.0. The molecule has 44 heavy (non-hydrogen) atoms. The molecule has 0 radical (unpaired) electrons. The van der Waals surface area contributed by atoms with E-state index in [0.29, 0.717) is 6.61 Å². The van der Waals surface area contributed by atoms with Crippen LogP contribution in [0.1, 0.15) is 188 Å². The molecule has 0 aliphatic rings. The third-order valence-corrected chi connectivity index (χ3v) is 7.45. The van der Waals surface area contributed by atoms with Crippen molar-refractivity contribution in [2.45, 2.75) is 188 Å². The molecule has 0 spiro atoms. The second kappa shape index (κ2) is 40.9. The fourth-order valence-corrected chi connectivity index (χ4v) is 4.69. The van der Waals surface area contributed by atoms with Gasteiger partial charge in [0.25, 0.3) is 0 Å². The second-order valence-corrected chi connectivity index (χ2v) is 12.0. The molecule has 256 valence electrons. The van der Waals surface area contributed by atoms with Gasteiger partial charge in [-0.1, -0.05) is 140 Å². The van der Waals surface area contributed by atoms with Crippen molar-refractivity contribution >= 4 is 11.9 Å². The molecule has 0 fully saturated rings. The van der Waals surface area contributed by atoms with Crippen LogP contribution in [-0.2, 0) is 14.3 Å². The van der Waals surface area contributed by atoms with Crippen molar-refractivity contribution in [3.8, 4) is 0 Å². The molecule has 0 aliphatic carbocycles. The summed E-state index contributed by atoms with van der Waals surface area (Å²) in [4.78, 5) is 20.9. The lowest BCUT2D eigenvalue weighted by molar-refractivity contribution is -0.141. The topological polar surface area (TPSA) is 63.6 Å². The van der Waals surface area contributed by atoms with Crippen molar-refractivity contribution in [2.75, 3.05) is 6.61 Å². The number of ether oxygens (including phenoxy) is 1. The Morgan fingerprint density at radius 3 is 1.07 bits per heavy atom. The first-order valence-corrected chi connectivity index (χ1v) is 18.5. The third-order valence-electron chi connectivity index (χ3n) is 7.45. The Hall–Kier alpha value is -2.10. The van der Waals surface area contributed by atoms with Gasteiger partial charge >= 0.3 is 11.9 Å². The zero-order valence-electron chi connectivity index (χ0n) is 29.4. The van der Waals surface area contributed by atoms with Crippen molar-refractivity contribution in [3.63, 3.8) is 0 Å². The van der Waals surface area contributed by atoms with Crippen molar-refractivity contribution in [1.29, 1.82) is 0 Å². The van der Waals surface area contributed by atoms with E-state index in [1.165, 1.54) is 135 Å². The number of allylic oxidation sites excluding steroid dienone is 7. The maximum absolute atomic E-state index is 10.6. The van der Waals surface area contributed by atoms with E-state index >= 15 is 0 Å². The van der Waals surface area contributed by atoms with Crippen LogP contribution in [0, 0.1) is 0 Å². The van der Waals surface area contributed by atoms with Gasteiger partial charge in [0.15, 0.2) is 0 Å². The first-order chi connectivity index (χ1) is 21.5. The third kappa shape index (κ3) is 46.8. The highest BCUT2D eigenvalue weighted by atomic mass is 16.5. The molecule has 4 heteroatoms. The van der Waals surface area contributed by atoms with Gasteiger partial charge in [-0.05, 0) is 83.5 Å². The minimum absolute atomic E-state index is 0.190. The zero-order valence-corrected chi connectivity index (χ0v) is 29.4. The lowest BCUT2D eigenvalue weighted by atomic mass is 10.1. The van der Waals surface area contributed by atoms with Crippen LogP contribution in [0.5, 0.6) is 0 Å². The molecule has 4 nitrogen and oxygen atoms in total. The molecule has 0 rings (SSSR count). The Balaban J connectivity index is 0. The Morgan fingerprint density at radius 2 is 0.750 bits per heavy atom. The standard InChI is InChI=1S/2C20H36O2/c1-3-4-5-6-7-8-9-10-11-12-13-14-15-16-17-18-19-22-20(2)21;1-2-3-4-5-6-7-8-9-10-11-12-13-14-15-16-17-18-19-20(21)22/h6-7,16-17H,3-5,8-15,18-19H2,1-2H3;5-6,15-16H,2-4,7-14,17-19H2,1H3,(H,21,22)/b;6-5-,16-15+. The highest BCUT2D eigenvalue weighted by molar-refractivity contribution is 5.66. The van der Waals surface area contributed by atoms with Gasteiger partial charge in [0.05, 0.1) is 6.61 Å². The van der Waals surface area contributed by atoms with E-state index < -0.39 is 5.97 Å². The number of aliphatic carboxylic acids is 1. The van der Waals surface area contributed by atoms with Gasteiger partial charge in [-0.2, -0.15) is 0 Å². The second-order valence-electron chi connectivity index (χ2n) is 12.0. The van der Waals surface area contributed by atoms with Gasteiger partial charge in [0, 0.05) is 13.3 Å². The van der Waals surface area contributed by atoms with E-state index in [9.17, 15) is 9.59 Å². The van der Waals surface area contributed by atoms with Crippen molar-refractivity contribution in [2.24, 2.45) is 0 Å². The van der Waals surface area contributed by atoms with E-state index in [0.717, 1.165) is 32.1 Å². The Morgan fingerprint density at radius 1 is 0.455 bits per heavy atom. The van der Waals surface area contributed by atoms with Gasteiger partial charge in [-0.15, -0.1) is 0 Å².